The summed E-state index contributed by atoms with van der Waals surface area (Å²) in [7, 11) is 0. The van der Waals surface area contributed by atoms with Gasteiger partial charge in [0.2, 0.25) is 10.9 Å². The molecule has 3 aromatic rings. The molecule has 5 rings (SSSR count). The molecule has 0 unspecified atom stereocenters. The van der Waals surface area contributed by atoms with Crippen molar-refractivity contribution in [1.29, 1.82) is 0 Å². The van der Waals surface area contributed by atoms with Crippen LogP contribution in [-0.4, -0.2) is 31.9 Å². The number of carbonyl (C=O) groups is 1. The van der Waals surface area contributed by atoms with Gasteiger partial charge in [-0.1, -0.05) is 49.4 Å². The van der Waals surface area contributed by atoms with Crippen molar-refractivity contribution in [3.05, 3.63) is 62.5 Å². The van der Waals surface area contributed by atoms with Crippen molar-refractivity contribution in [2.45, 2.75) is 70.3 Å². The van der Waals surface area contributed by atoms with Crippen LogP contribution < -0.4 is 5.56 Å². The fourth-order valence-corrected chi connectivity index (χ4v) is 6.05. The lowest BCUT2D eigenvalue weighted by atomic mass is 9.81. The van der Waals surface area contributed by atoms with Gasteiger partial charge in [-0.3, -0.25) is 9.59 Å². The molecule has 1 fully saturated rings. The molecule has 7 heteroatoms. The molecule has 2 aromatic heterocycles. The molecule has 0 saturated carbocycles. The highest BCUT2D eigenvalue weighted by atomic mass is 32.1. The number of hydrogen-bond acceptors (Lipinski definition) is 5. The first-order chi connectivity index (χ1) is 15.0. The highest BCUT2D eigenvalue weighted by molar-refractivity contribution is 7.16. The summed E-state index contributed by atoms with van der Waals surface area (Å²) in [6.07, 6.45) is 5.72. The molecule has 3 heterocycles. The summed E-state index contributed by atoms with van der Waals surface area (Å²) in [5.74, 6) is 0.685. The summed E-state index contributed by atoms with van der Waals surface area (Å²) in [5.41, 5.74) is 3.37. The molecular formula is C24H28N4O2S. The summed E-state index contributed by atoms with van der Waals surface area (Å²) in [5, 5.41) is 5.40. The number of aryl methyl sites for hydroxylation is 1. The minimum absolute atomic E-state index is 0.0556. The van der Waals surface area contributed by atoms with Crippen molar-refractivity contribution < 1.29 is 4.79 Å². The van der Waals surface area contributed by atoms with Crippen molar-refractivity contribution in [1.82, 2.24) is 19.5 Å². The molecule has 1 amide bonds. The zero-order valence-corrected chi connectivity index (χ0v) is 18.9. The first-order valence-corrected chi connectivity index (χ1v) is 12.1. The minimum Gasteiger partial charge on any atom is -0.333 e. The lowest BCUT2D eigenvalue weighted by molar-refractivity contribution is -0.132. The van der Waals surface area contributed by atoms with E-state index in [0.29, 0.717) is 17.3 Å². The Bertz CT molecular complexity index is 1180. The van der Waals surface area contributed by atoms with Gasteiger partial charge in [-0.2, -0.15) is 9.61 Å². The fraction of sp³-hybridized carbons (Fsp3) is 0.500. The maximum Gasteiger partial charge on any atom is 0.275 e. The van der Waals surface area contributed by atoms with Crippen LogP contribution in [0.15, 0.2) is 35.1 Å². The molecule has 162 valence electrons. The Kier molecular flexibility index (Phi) is 5.38. The molecule has 1 saturated heterocycles. The summed E-state index contributed by atoms with van der Waals surface area (Å²) in [4.78, 5) is 33.1. The first-order valence-electron chi connectivity index (χ1n) is 11.3. The van der Waals surface area contributed by atoms with Gasteiger partial charge < -0.3 is 4.90 Å². The topological polar surface area (TPSA) is 67.6 Å². The van der Waals surface area contributed by atoms with Crippen molar-refractivity contribution in [2.75, 3.05) is 6.54 Å². The van der Waals surface area contributed by atoms with Crippen LogP contribution in [0.2, 0.25) is 0 Å². The maximum absolute atomic E-state index is 13.4. The lowest BCUT2D eigenvalue weighted by Gasteiger charge is -2.29. The van der Waals surface area contributed by atoms with Gasteiger partial charge in [-0.25, -0.2) is 4.98 Å². The number of aromatic nitrogens is 3. The average molecular weight is 437 g/mol. The van der Waals surface area contributed by atoms with Gasteiger partial charge >= 0.3 is 0 Å². The highest BCUT2D eigenvalue weighted by Gasteiger charge is 2.34. The van der Waals surface area contributed by atoms with Crippen molar-refractivity contribution >= 4 is 22.2 Å². The van der Waals surface area contributed by atoms with Gasteiger partial charge in [0.05, 0.1) is 11.7 Å². The third-order valence-electron chi connectivity index (χ3n) is 6.64. The van der Waals surface area contributed by atoms with Gasteiger partial charge in [0.15, 0.2) is 0 Å². The first kappa shape index (κ1) is 20.4. The van der Waals surface area contributed by atoms with Crippen molar-refractivity contribution in [3.8, 4) is 0 Å². The van der Waals surface area contributed by atoms with Gasteiger partial charge in [0.25, 0.3) is 5.56 Å². The molecule has 6 nitrogen and oxygen atoms in total. The van der Waals surface area contributed by atoms with E-state index in [1.54, 1.807) is 6.07 Å². The smallest absolute Gasteiger partial charge is 0.275 e. The number of benzene rings is 1. The van der Waals surface area contributed by atoms with E-state index in [0.717, 1.165) is 49.4 Å². The van der Waals surface area contributed by atoms with E-state index in [4.69, 9.17) is 0 Å². The molecule has 1 aliphatic carbocycles. The van der Waals surface area contributed by atoms with Crippen LogP contribution in [0.1, 0.15) is 85.7 Å². The van der Waals surface area contributed by atoms with E-state index in [1.807, 2.05) is 18.7 Å². The summed E-state index contributed by atoms with van der Waals surface area (Å²) in [6, 6.07) is 10.1. The predicted molar refractivity (Wildman–Crippen MR) is 122 cm³/mol. The third kappa shape index (κ3) is 3.80. The second-order valence-electron chi connectivity index (χ2n) is 9.05. The number of carbonyl (C=O) groups excluding carboxylic acids is 1. The number of amides is 1. The third-order valence-corrected chi connectivity index (χ3v) is 7.65. The van der Waals surface area contributed by atoms with Crippen LogP contribution in [-0.2, 0) is 11.2 Å². The second-order valence-corrected chi connectivity index (χ2v) is 10.0. The number of hydrogen-bond donors (Lipinski definition) is 0. The molecule has 2 atom stereocenters. The predicted octanol–water partition coefficient (Wildman–Crippen LogP) is 4.45. The summed E-state index contributed by atoms with van der Waals surface area (Å²) in [6.45, 7) is 4.81. The van der Waals surface area contributed by atoms with Crippen LogP contribution >= 0.6 is 11.3 Å². The minimum atomic E-state index is -0.147. The van der Waals surface area contributed by atoms with Gasteiger partial charge in [-0.15, -0.1) is 0 Å². The summed E-state index contributed by atoms with van der Waals surface area (Å²) < 4.78 is 1.39. The van der Waals surface area contributed by atoms with Gasteiger partial charge in [0, 0.05) is 19.0 Å². The van der Waals surface area contributed by atoms with E-state index in [-0.39, 0.29) is 23.4 Å². The van der Waals surface area contributed by atoms with Gasteiger partial charge in [-0.05, 0) is 55.1 Å². The van der Waals surface area contributed by atoms with E-state index >= 15 is 0 Å². The molecule has 0 N–H and O–H groups in total. The zero-order valence-electron chi connectivity index (χ0n) is 18.1. The monoisotopic (exact) mass is 436 g/mol. The largest absolute Gasteiger partial charge is 0.333 e. The second kappa shape index (κ2) is 8.19. The Hall–Kier alpha value is -2.54. The number of likely N-dealkylation sites (tertiary alicyclic amines) is 1. The van der Waals surface area contributed by atoms with Crippen molar-refractivity contribution in [2.24, 2.45) is 0 Å². The molecule has 1 aliphatic heterocycles. The Morgan fingerprint density at radius 2 is 2.06 bits per heavy atom. The van der Waals surface area contributed by atoms with E-state index in [2.05, 4.69) is 34.3 Å². The van der Waals surface area contributed by atoms with E-state index in [9.17, 15) is 9.59 Å². The van der Waals surface area contributed by atoms with Gasteiger partial charge in [0.1, 0.15) is 5.01 Å². The molecule has 0 spiro atoms. The van der Waals surface area contributed by atoms with Crippen molar-refractivity contribution in [3.63, 3.8) is 0 Å². The zero-order chi connectivity index (χ0) is 21.5. The van der Waals surface area contributed by atoms with Crippen LogP contribution in [0.5, 0.6) is 0 Å². The molecule has 0 radical (unpaired) electrons. The SMILES string of the molecule is CC(C)c1cc(=O)n2nc([C@H]3CCCN3C(=O)C[C@@H]3CCCc4ccccc43)sc2n1. The number of nitrogens with zero attached hydrogens (tertiary/aromatic N) is 4. The Morgan fingerprint density at radius 1 is 1.23 bits per heavy atom. The molecule has 1 aromatic carbocycles. The average Bonchev–Trinajstić information content (AvgIpc) is 3.41. The standard InChI is InChI=1S/C24H28N4O2S/c1-15(2)19-14-22(30)28-24(25-19)31-23(26-28)20-11-6-12-27(20)21(29)13-17-9-5-8-16-7-3-4-10-18(16)17/h3-4,7,10,14-15,17,20H,5-6,8-9,11-13H2,1-2H3/t17-,20+/m0/s1. The molecule has 31 heavy (non-hydrogen) atoms. The van der Waals surface area contributed by atoms with Crippen LogP contribution in [0.4, 0.5) is 0 Å². The maximum atomic E-state index is 13.4. The number of rotatable bonds is 4. The normalized spacial score (nSPS) is 21.1. The Labute approximate surface area is 185 Å². The molecule has 0 bridgehead atoms. The van der Waals surface area contributed by atoms with E-state index < -0.39 is 0 Å². The Morgan fingerprint density at radius 3 is 2.90 bits per heavy atom. The molecular weight excluding hydrogens is 408 g/mol. The lowest BCUT2D eigenvalue weighted by Crippen LogP contribution is -2.32. The van der Waals surface area contributed by atoms with E-state index in [1.165, 1.54) is 27.0 Å². The highest BCUT2D eigenvalue weighted by Crippen LogP contribution is 2.38. The van der Waals surface area contributed by atoms with Crippen LogP contribution in [0.3, 0.4) is 0 Å². The van der Waals surface area contributed by atoms with Crippen LogP contribution in [0, 0.1) is 0 Å². The number of fused-ring (bicyclic) bond motifs is 2. The van der Waals surface area contributed by atoms with Crippen LogP contribution in [0.25, 0.3) is 4.96 Å². The fourth-order valence-electron chi connectivity index (χ4n) is 4.99. The quantitative estimate of drug-likeness (QED) is 0.606. The Balaban J connectivity index is 1.39. The summed E-state index contributed by atoms with van der Waals surface area (Å²) >= 11 is 1.44. The molecule has 2 aliphatic rings.